The zero-order valence-electron chi connectivity index (χ0n) is 12.4. The van der Waals surface area contributed by atoms with Gasteiger partial charge in [0, 0.05) is 6.04 Å². The van der Waals surface area contributed by atoms with Crippen molar-refractivity contribution in [1.82, 2.24) is 5.32 Å². The number of hydrogen-bond donors (Lipinski definition) is 3. The monoisotopic (exact) mass is 289 g/mol. The van der Waals surface area contributed by atoms with Crippen LogP contribution in [0.1, 0.15) is 44.1 Å². The molecule has 5 nitrogen and oxygen atoms in total. The minimum absolute atomic E-state index is 0.112. The van der Waals surface area contributed by atoms with Crippen LogP contribution in [-0.4, -0.2) is 17.9 Å². The Morgan fingerprint density at radius 3 is 2.38 bits per heavy atom. The number of carbonyl (C=O) groups is 2. The summed E-state index contributed by atoms with van der Waals surface area (Å²) in [6.07, 6.45) is 6.53. The van der Waals surface area contributed by atoms with Gasteiger partial charge in [0.1, 0.15) is 0 Å². The maximum Gasteiger partial charge on any atom is 0.313 e. The fourth-order valence-electron chi connectivity index (χ4n) is 2.65. The van der Waals surface area contributed by atoms with E-state index >= 15 is 0 Å². The molecule has 2 rings (SSSR count). The largest absolute Gasteiger partial charge is 0.397 e. The first-order chi connectivity index (χ1) is 10.1. The van der Waals surface area contributed by atoms with Gasteiger partial charge in [0.25, 0.3) is 0 Å². The summed E-state index contributed by atoms with van der Waals surface area (Å²) in [5.74, 6) is -1.24. The van der Waals surface area contributed by atoms with E-state index in [0.717, 1.165) is 31.2 Å². The number of nitrogens with two attached hydrogens (primary N) is 1. The van der Waals surface area contributed by atoms with E-state index < -0.39 is 11.8 Å². The van der Waals surface area contributed by atoms with E-state index in [1.165, 1.54) is 12.8 Å². The quantitative estimate of drug-likeness (QED) is 0.444. The number of benzene rings is 1. The average molecular weight is 289 g/mol. The number of rotatable bonds is 2. The molecule has 0 atom stereocenters. The minimum atomic E-state index is -0.658. The highest BCUT2D eigenvalue weighted by molar-refractivity contribution is 6.40. The van der Waals surface area contributed by atoms with Gasteiger partial charge in [-0.2, -0.15) is 0 Å². The molecule has 0 aromatic heterocycles. The highest BCUT2D eigenvalue weighted by Gasteiger charge is 2.20. The molecule has 1 aliphatic rings. The summed E-state index contributed by atoms with van der Waals surface area (Å²) < 4.78 is 0. The number of amides is 2. The summed E-state index contributed by atoms with van der Waals surface area (Å²) >= 11 is 0. The zero-order chi connectivity index (χ0) is 15.2. The molecule has 0 spiro atoms. The van der Waals surface area contributed by atoms with Gasteiger partial charge in [-0.05, 0) is 37.5 Å². The molecule has 1 fully saturated rings. The summed E-state index contributed by atoms with van der Waals surface area (Å²) in [7, 11) is 0. The van der Waals surface area contributed by atoms with Crippen LogP contribution >= 0.6 is 0 Å². The average Bonchev–Trinajstić information content (AvgIpc) is 2.70. The summed E-state index contributed by atoms with van der Waals surface area (Å²) in [4.78, 5) is 23.9. The number of carbonyl (C=O) groups excluding carboxylic acids is 2. The number of anilines is 2. The molecule has 1 aromatic rings. The van der Waals surface area contributed by atoms with E-state index in [2.05, 4.69) is 10.6 Å². The lowest BCUT2D eigenvalue weighted by atomic mass is 10.1. The van der Waals surface area contributed by atoms with Crippen LogP contribution in [0.2, 0.25) is 0 Å². The third-order valence-electron chi connectivity index (χ3n) is 3.85. The Morgan fingerprint density at radius 1 is 1.10 bits per heavy atom. The maximum atomic E-state index is 11.9. The Bertz CT molecular complexity index is 520. The highest BCUT2D eigenvalue weighted by atomic mass is 16.2. The third kappa shape index (κ3) is 4.48. The molecule has 1 aromatic carbocycles. The fourth-order valence-corrected chi connectivity index (χ4v) is 2.65. The Labute approximate surface area is 125 Å². The van der Waals surface area contributed by atoms with Crippen molar-refractivity contribution < 1.29 is 9.59 Å². The van der Waals surface area contributed by atoms with Crippen molar-refractivity contribution in [1.29, 1.82) is 0 Å². The van der Waals surface area contributed by atoms with Crippen LogP contribution in [0.3, 0.4) is 0 Å². The molecule has 21 heavy (non-hydrogen) atoms. The zero-order valence-corrected chi connectivity index (χ0v) is 12.4. The molecule has 114 valence electrons. The second kappa shape index (κ2) is 7.11. The second-order valence-electron chi connectivity index (χ2n) is 5.71. The van der Waals surface area contributed by atoms with Crippen molar-refractivity contribution in [2.24, 2.45) is 0 Å². The highest BCUT2D eigenvalue weighted by Crippen LogP contribution is 2.20. The van der Waals surface area contributed by atoms with Gasteiger partial charge in [0.15, 0.2) is 0 Å². The van der Waals surface area contributed by atoms with E-state index in [4.69, 9.17) is 5.73 Å². The van der Waals surface area contributed by atoms with E-state index in [0.29, 0.717) is 11.4 Å². The lowest BCUT2D eigenvalue weighted by Gasteiger charge is -2.16. The summed E-state index contributed by atoms with van der Waals surface area (Å²) in [5, 5.41) is 5.38. The predicted molar refractivity (Wildman–Crippen MR) is 83.9 cm³/mol. The van der Waals surface area contributed by atoms with Gasteiger partial charge < -0.3 is 16.4 Å². The molecule has 0 unspecified atom stereocenters. The summed E-state index contributed by atoms with van der Waals surface area (Å²) in [5.41, 5.74) is 7.77. The lowest BCUT2D eigenvalue weighted by molar-refractivity contribution is -0.136. The number of hydrogen-bond acceptors (Lipinski definition) is 3. The molecule has 1 aliphatic carbocycles. The predicted octanol–water partition coefficient (Wildman–Crippen LogP) is 2.35. The molecule has 5 heteroatoms. The van der Waals surface area contributed by atoms with Gasteiger partial charge in [0.2, 0.25) is 0 Å². The van der Waals surface area contributed by atoms with Crippen molar-refractivity contribution in [3.8, 4) is 0 Å². The Morgan fingerprint density at radius 2 is 1.76 bits per heavy atom. The molecule has 0 radical (unpaired) electrons. The SMILES string of the molecule is Cc1ccc(NC(=O)C(=O)NC2CCCCCC2)c(N)c1. The molecule has 0 bridgehead atoms. The molecule has 0 aliphatic heterocycles. The van der Waals surface area contributed by atoms with Crippen LogP contribution in [-0.2, 0) is 9.59 Å². The van der Waals surface area contributed by atoms with Crippen molar-refractivity contribution in [2.75, 3.05) is 11.1 Å². The van der Waals surface area contributed by atoms with Gasteiger partial charge in [0.05, 0.1) is 11.4 Å². The van der Waals surface area contributed by atoms with Crippen LogP contribution < -0.4 is 16.4 Å². The summed E-state index contributed by atoms with van der Waals surface area (Å²) in [6, 6.07) is 5.43. The smallest absolute Gasteiger partial charge is 0.313 e. The molecule has 0 heterocycles. The van der Waals surface area contributed by atoms with E-state index in [9.17, 15) is 9.59 Å². The summed E-state index contributed by atoms with van der Waals surface area (Å²) in [6.45, 7) is 1.92. The molecule has 0 saturated heterocycles. The Kier molecular flexibility index (Phi) is 5.20. The van der Waals surface area contributed by atoms with Crippen molar-refractivity contribution in [2.45, 2.75) is 51.5 Å². The van der Waals surface area contributed by atoms with Crippen molar-refractivity contribution in [3.63, 3.8) is 0 Å². The molecular formula is C16H23N3O2. The first kappa shape index (κ1) is 15.4. The lowest BCUT2D eigenvalue weighted by Crippen LogP contribution is -2.41. The van der Waals surface area contributed by atoms with Crippen LogP contribution in [0.15, 0.2) is 18.2 Å². The first-order valence-corrected chi connectivity index (χ1v) is 7.54. The van der Waals surface area contributed by atoms with E-state index in [-0.39, 0.29) is 6.04 Å². The second-order valence-corrected chi connectivity index (χ2v) is 5.71. The van der Waals surface area contributed by atoms with E-state index in [1.54, 1.807) is 12.1 Å². The third-order valence-corrected chi connectivity index (χ3v) is 3.85. The topological polar surface area (TPSA) is 84.2 Å². The van der Waals surface area contributed by atoms with Crippen LogP contribution in [0, 0.1) is 6.92 Å². The van der Waals surface area contributed by atoms with Crippen LogP contribution in [0.4, 0.5) is 11.4 Å². The van der Waals surface area contributed by atoms with Gasteiger partial charge in [-0.3, -0.25) is 9.59 Å². The van der Waals surface area contributed by atoms with Crippen molar-refractivity contribution >= 4 is 23.2 Å². The first-order valence-electron chi connectivity index (χ1n) is 7.54. The van der Waals surface area contributed by atoms with Gasteiger partial charge in [-0.25, -0.2) is 0 Å². The number of aryl methyl sites for hydroxylation is 1. The number of nitrogens with one attached hydrogen (secondary N) is 2. The number of nitrogen functional groups attached to an aromatic ring is 1. The molecular weight excluding hydrogens is 266 g/mol. The molecule has 2 amide bonds. The van der Waals surface area contributed by atoms with Gasteiger partial charge in [-0.15, -0.1) is 0 Å². The van der Waals surface area contributed by atoms with Crippen LogP contribution in [0.5, 0.6) is 0 Å². The van der Waals surface area contributed by atoms with Crippen LogP contribution in [0.25, 0.3) is 0 Å². The Balaban J connectivity index is 1.91. The maximum absolute atomic E-state index is 11.9. The van der Waals surface area contributed by atoms with Crippen molar-refractivity contribution in [3.05, 3.63) is 23.8 Å². The standard InChI is InChI=1S/C16H23N3O2/c1-11-8-9-14(13(17)10-11)19-16(21)15(20)18-12-6-4-2-3-5-7-12/h8-10,12H,2-7,17H2,1H3,(H,18,20)(H,19,21). The molecule has 4 N–H and O–H groups in total. The fraction of sp³-hybridized carbons (Fsp3) is 0.500. The minimum Gasteiger partial charge on any atom is -0.397 e. The van der Waals surface area contributed by atoms with Gasteiger partial charge >= 0.3 is 11.8 Å². The Hall–Kier alpha value is -2.04. The molecule has 1 saturated carbocycles. The van der Waals surface area contributed by atoms with E-state index in [1.807, 2.05) is 13.0 Å². The van der Waals surface area contributed by atoms with Gasteiger partial charge in [-0.1, -0.05) is 31.7 Å². The normalized spacial score (nSPS) is 16.0.